The van der Waals surface area contributed by atoms with Gasteiger partial charge in [0.05, 0.1) is 28.3 Å². The average Bonchev–Trinajstić information content (AvgIpc) is 3.04. The van der Waals surface area contributed by atoms with Gasteiger partial charge in [-0.15, -0.1) is 0 Å². The number of fused-ring (bicyclic) bond motifs is 1. The molecule has 0 saturated carbocycles. The first-order valence-corrected chi connectivity index (χ1v) is 9.70. The Kier molecular flexibility index (Phi) is 5.41. The number of aliphatic hydroxyl groups is 1. The second kappa shape index (κ2) is 7.27. The highest BCUT2D eigenvalue weighted by molar-refractivity contribution is 6.38. The fourth-order valence-electron chi connectivity index (χ4n) is 4.24. The minimum absolute atomic E-state index is 0.0192. The van der Waals surface area contributed by atoms with Gasteiger partial charge < -0.3 is 25.2 Å². The third-order valence-corrected chi connectivity index (χ3v) is 6.63. The summed E-state index contributed by atoms with van der Waals surface area (Å²) >= 11 is 12.7. The zero-order valence-corrected chi connectivity index (χ0v) is 17.9. The SMILES string of the molecule is COc1c(Cl)c(C)c(Cl)c(O)c1[C@H]1c2c(C=O)c(O)cc(O)c2C[C@@H]1C(C)(C)O. The number of phenols is 3. The first-order valence-electron chi connectivity index (χ1n) is 8.95. The number of phenolic OH excluding ortho intramolecular Hbond substituents is 3. The van der Waals surface area contributed by atoms with Crippen LogP contribution < -0.4 is 4.74 Å². The Hall–Kier alpha value is -2.15. The summed E-state index contributed by atoms with van der Waals surface area (Å²) in [6, 6.07) is 1.10. The van der Waals surface area contributed by atoms with Crippen LogP contribution in [0.2, 0.25) is 10.0 Å². The van der Waals surface area contributed by atoms with E-state index in [1.54, 1.807) is 20.8 Å². The van der Waals surface area contributed by atoms with Crippen molar-refractivity contribution in [3.8, 4) is 23.0 Å². The van der Waals surface area contributed by atoms with Crippen LogP contribution in [0.4, 0.5) is 0 Å². The number of benzene rings is 2. The van der Waals surface area contributed by atoms with E-state index in [4.69, 9.17) is 27.9 Å². The third kappa shape index (κ3) is 3.19. The largest absolute Gasteiger partial charge is 0.508 e. The van der Waals surface area contributed by atoms with Crippen molar-refractivity contribution < 1.29 is 30.0 Å². The highest BCUT2D eigenvalue weighted by Gasteiger charge is 2.47. The van der Waals surface area contributed by atoms with Crippen LogP contribution in [0.1, 0.15) is 52.4 Å². The molecule has 2 aromatic rings. The van der Waals surface area contributed by atoms with Gasteiger partial charge in [0, 0.05) is 23.5 Å². The number of halogens is 2. The topological polar surface area (TPSA) is 107 Å². The van der Waals surface area contributed by atoms with Gasteiger partial charge in [0.15, 0.2) is 6.29 Å². The Bertz CT molecular complexity index is 1010. The molecule has 6 nitrogen and oxygen atoms in total. The van der Waals surface area contributed by atoms with E-state index < -0.39 is 23.2 Å². The normalized spacial score (nSPS) is 18.6. The molecule has 2 atom stereocenters. The van der Waals surface area contributed by atoms with E-state index >= 15 is 0 Å². The van der Waals surface area contributed by atoms with Crippen molar-refractivity contribution in [2.24, 2.45) is 5.92 Å². The number of carbonyl (C=O) groups is 1. The van der Waals surface area contributed by atoms with Crippen LogP contribution in [0.15, 0.2) is 6.07 Å². The second-order valence-corrected chi connectivity index (χ2v) is 8.58. The Morgan fingerprint density at radius 1 is 1.14 bits per heavy atom. The van der Waals surface area contributed by atoms with Crippen LogP contribution in [0.25, 0.3) is 0 Å². The van der Waals surface area contributed by atoms with Crippen LogP contribution >= 0.6 is 23.2 Å². The summed E-state index contributed by atoms with van der Waals surface area (Å²) in [7, 11) is 1.38. The molecule has 0 spiro atoms. The smallest absolute Gasteiger partial charge is 0.154 e. The summed E-state index contributed by atoms with van der Waals surface area (Å²) in [5.74, 6) is -2.16. The van der Waals surface area contributed by atoms with Crippen molar-refractivity contribution in [1.82, 2.24) is 0 Å². The summed E-state index contributed by atoms with van der Waals surface area (Å²) in [6.07, 6.45) is 0.677. The lowest BCUT2D eigenvalue weighted by Crippen LogP contribution is -2.34. The molecular formula is C21H22Cl2O6. The van der Waals surface area contributed by atoms with Gasteiger partial charge in [-0.1, -0.05) is 23.2 Å². The van der Waals surface area contributed by atoms with Crippen molar-refractivity contribution in [3.05, 3.63) is 43.9 Å². The number of aldehydes is 1. The maximum absolute atomic E-state index is 11.8. The van der Waals surface area contributed by atoms with Gasteiger partial charge in [-0.2, -0.15) is 0 Å². The van der Waals surface area contributed by atoms with E-state index in [-0.39, 0.29) is 44.8 Å². The maximum Gasteiger partial charge on any atom is 0.154 e. The number of hydrogen-bond acceptors (Lipinski definition) is 6. The summed E-state index contributed by atoms with van der Waals surface area (Å²) in [6.45, 7) is 4.81. The number of ether oxygens (including phenoxy) is 1. The Labute approximate surface area is 178 Å². The summed E-state index contributed by atoms with van der Waals surface area (Å²) < 4.78 is 5.47. The van der Waals surface area contributed by atoms with Crippen LogP contribution in [-0.2, 0) is 6.42 Å². The van der Waals surface area contributed by atoms with E-state index in [1.807, 2.05) is 0 Å². The fourth-order valence-corrected chi connectivity index (χ4v) is 4.76. The molecule has 0 aromatic heterocycles. The van der Waals surface area contributed by atoms with E-state index in [1.165, 1.54) is 7.11 Å². The monoisotopic (exact) mass is 440 g/mol. The molecule has 4 N–H and O–H groups in total. The molecule has 0 aliphatic heterocycles. The van der Waals surface area contributed by atoms with Crippen molar-refractivity contribution in [2.45, 2.75) is 38.7 Å². The van der Waals surface area contributed by atoms with Gasteiger partial charge in [-0.3, -0.25) is 4.79 Å². The summed E-state index contributed by atoms with van der Waals surface area (Å²) in [5.41, 5.74) is -0.0204. The zero-order valence-electron chi connectivity index (χ0n) is 16.4. The molecule has 0 unspecified atom stereocenters. The average molecular weight is 441 g/mol. The predicted octanol–water partition coefficient (Wildman–Crippen LogP) is 4.31. The second-order valence-electron chi connectivity index (χ2n) is 7.83. The van der Waals surface area contributed by atoms with Crippen LogP contribution in [0.5, 0.6) is 23.0 Å². The fraction of sp³-hybridized carbons (Fsp3) is 0.381. The van der Waals surface area contributed by atoms with Gasteiger partial charge in [0.25, 0.3) is 0 Å². The van der Waals surface area contributed by atoms with E-state index in [2.05, 4.69) is 0 Å². The van der Waals surface area contributed by atoms with Gasteiger partial charge in [0.2, 0.25) is 0 Å². The van der Waals surface area contributed by atoms with E-state index in [0.29, 0.717) is 23.0 Å². The lowest BCUT2D eigenvalue weighted by molar-refractivity contribution is 0.0142. The first kappa shape index (κ1) is 21.6. The molecule has 8 heteroatoms. The Morgan fingerprint density at radius 2 is 1.76 bits per heavy atom. The highest BCUT2D eigenvalue weighted by Crippen LogP contribution is 2.58. The molecular weight excluding hydrogens is 419 g/mol. The number of rotatable bonds is 4. The van der Waals surface area contributed by atoms with Crippen LogP contribution in [0, 0.1) is 12.8 Å². The van der Waals surface area contributed by atoms with Gasteiger partial charge >= 0.3 is 0 Å². The van der Waals surface area contributed by atoms with Gasteiger partial charge in [-0.05, 0) is 43.9 Å². The van der Waals surface area contributed by atoms with Gasteiger partial charge in [0.1, 0.15) is 23.0 Å². The van der Waals surface area contributed by atoms with Crippen LogP contribution in [-0.4, -0.2) is 39.4 Å². The van der Waals surface area contributed by atoms with Crippen molar-refractivity contribution in [1.29, 1.82) is 0 Å². The number of hydrogen-bond donors (Lipinski definition) is 4. The molecule has 0 bridgehead atoms. The molecule has 0 radical (unpaired) electrons. The van der Waals surface area contributed by atoms with Crippen LogP contribution in [0.3, 0.4) is 0 Å². The molecule has 3 rings (SSSR count). The Morgan fingerprint density at radius 3 is 2.28 bits per heavy atom. The molecule has 1 aliphatic carbocycles. The lowest BCUT2D eigenvalue weighted by atomic mass is 9.75. The summed E-state index contributed by atoms with van der Waals surface area (Å²) in [4.78, 5) is 11.8. The molecule has 0 amide bonds. The maximum atomic E-state index is 11.8. The predicted molar refractivity (Wildman–Crippen MR) is 110 cm³/mol. The quantitative estimate of drug-likeness (QED) is 0.527. The van der Waals surface area contributed by atoms with Crippen molar-refractivity contribution in [2.75, 3.05) is 7.11 Å². The Balaban J connectivity index is 2.48. The van der Waals surface area contributed by atoms with E-state index in [0.717, 1.165) is 6.07 Å². The molecule has 156 valence electrons. The van der Waals surface area contributed by atoms with Crippen molar-refractivity contribution in [3.63, 3.8) is 0 Å². The molecule has 0 heterocycles. The minimum Gasteiger partial charge on any atom is -0.508 e. The number of aromatic hydroxyl groups is 3. The third-order valence-electron chi connectivity index (χ3n) is 5.72. The highest BCUT2D eigenvalue weighted by atomic mass is 35.5. The molecule has 1 aliphatic rings. The summed E-state index contributed by atoms with van der Waals surface area (Å²) in [5, 5.41) is 42.7. The first-order chi connectivity index (χ1) is 13.4. The van der Waals surface area contributed by atoms with Gasteiger partial charge in [-0.25, -0.2) is 0 Å². The molecule has 29 heavy (non-hydrogen) atoms. The molecule has 2 aromatic carbocycles. The van der Waals surface area contributed by atoms with Crippen molar-refractivity contribution >= 4 is 29.5 Å². The number of carbonyl (C=O) groups excluding carboxylic acids is 1. The standard InChI is InChI=1S/C21H22Cl2O6/c1-8-17(22)19(27)16(20(29-4)18(8)23)15-11(21(2,3)28)5-9-12(25)6-13(26)10(7-24)14(9)15/h6-7,11,15,25-28H,5H2,1-4H3/t11-,15+/m0/s1. The lowest BCUT2D eigenvalue weighted by Gasteiger charge is -2.33. The minimum atomic E-state index is -1.28. The zero-order chi connectivity index (χ0) is 21.8. The number of methoxy groups -OCH3 is 1. The van der Waals surface area contributed by atoms with E-state index in [9.17, 15) is 25.2 Å². The molecule has 0 saturated heterocycles. The molecule has 0 fully saturated rings.